The number of amides is 2. The average molecular weight is 321 g/mol. The first-order chi connectivity index (χ1) is 11.7. The fraction of sp³-hybridized carbons (Fsp3) is 0.350. The quantitative estimate of drug-likeness (QED) is 0.915. The molecule has 2 aromatic carbocycles. The van der Waals surface area contributed by atoms with Gasteiger partial charge in [0.25, 0.3) is 0 Å². The van der Waals surface area contributed by atoms with Crippen LogP contribution in [0, 0.1) is 0 Å². The number of carbonyl (C=O) groups is 1. The Hall–Kier alpha value is -2.33. The summed E-state index contributed by atoms with van der Waals surface area (Å²) in [6, 6.07) is 18.8. The summed E-state index contributed by atoms with van der Waals surface area (Å²) >= 11 is 0. The van der Waals surface area contributed by atoms with Crippen molar-refractivity contribution in [3.05, 3.63) is 65.7 Å². The molecule has 1 unspecified atom stereocenters. The fourth-order valence-corrected chi connectivity index (χ4v) is 3.92. The number of benzene rings is 2. The number of para-hydroxylation sites is 1. The molecule has 4 heteroatoms. The minimum atomic E-state index is -0.00967. The zero-order valence-electron chi connectivity index (χ0n) is 14.0. The molecule has 1 fully saturated rings. The third-order valence-electron chi connectivity index (χ3n) is 5.21. The number of anilines is 1. The van der Waals surface area contributed by atoms with Crippen molar-refractivity contribution < 1.29 is 4.79 Å². The molecular weight excluding hydrogens is 298 g/mol. The van der Waals surface area contributed by atoms with Crippen molar-refractivity contribution in [1.29, 1.82) is 0 Å². The molecule has 24 heavy (non-hydrogen) atoms. The first-order valence-corrected chi connectivity index (χ1v) is 8.66. The molecule has 124 valence electrons. The molecule has 4 rings (SSSR count). The topological polar surface area (TPSA) is 35.6 Å². The van der Waals surface area contributed by atoms with E-state index >= 15 is 0 Å². The van der Waals surface area contributed by atoms with Crippen LogP contribution in [0.25, 0.3) is 0 Å². The van der Waals surface area contributed by atoms with Gasteiger partial charge in [0.05, 0.1) is 6.04 Å². The Bertz CT molecular complexity index is 723. The van der Waals surface area contributed by atoms with E-state index in [1.54, 1.807) is 0 Å². The number of fused-ring (bicyclic) bond motifs is 1. The van der Waals surface area contributed by atoms with E-state index in [1.807, 2.05) is 18.2 Å². The summed E-state index contributed by atoms with van der Waals surface area (Å²) in [6.45, 7) is 2.08. The minimum absolute atomic E-state index is 0.00967. The predicted octanol–water partition coefficient (Wildman–Crippen LogP) is 3.72. The van der Waals surface area contributed by atoms with Gasteiger partial charge in [0, 0.05) is 17.3 Å². The average Bonchev–Trinajstić information content (AvgIpc) is 2.62. The molecule has 2 aromatic rings. The molecule has 1 N–H and O–H groups in total. The number of hydrogen-bond donors (Lipinski definition) is 1. The fourth-order valence-electron chi connectivity index (χ4n) is 3.92. The Morgan fingerprint density at radius 2 is 1.62 bits per heavy atom. The maximum absolute atomic E-state index is 12.9. The third-order valence-corrected chi connectivity index (χ3v) is 5.21. The highest BCUT2D eigenvalue weighted by Gasteiger charge is 2.38. The zero-order chi connectivity index (χ0) is 16.5. The Morgan fingerprint density at radius 3 is 2.38 bits per heavy atom. The van der Waals surface area contributed by atoms with Crippen LogP contribution < -0.4 is 5.32 Å². The van der Waals surface area contributed by atoms with Gasteiger partial charge >= 0.3 is 6.03 Å². The van der Waals surface area contributed by atoms with Gasteiger partial charge in [-0.3, -0.25) is 0 Å². The lowest BCUT2D eigenvalue weighted by Gasteiger charge is -2.45. The van der Waals surface area contributed by atoms with E-state index in [0.717, 1.165) is 31.6 Å². The lowest BCUT2D eigenvalue weighted by atomic mass is 9.90. The second kappa shape index (κ2) is 6.29. The van der Waals surface area contributed by atoms with Crippen molar-refractivity contribution in [2.45, 2.75) is 24.9 Å². The van der Waals surface area contributed by atoms with Crippen LogP contribution in [0.3, 0.4) is 0 Å². The van der Waals surface area contributed by atoms with Gasteiger partial charge in [-0.25, -0.2) is 4.79 Å². The monoisotopic (exact) mass is 321 g/mol. The van der Waals surface area contributed by atoms with Crippen molar-refractivity contribution in [2.24, 2.45) is 0 Å². The standard InChI is InChI=1S/C20H23N3O/c1-22-13-11-16(12-14-22)23-19(15-7-3-2-4-8-15)17-9-5-6-10-18(17)21-20(23)24/h2-10,16,19H,11-14H2,1H3,(H,21,24). The molecular formula is C20H23N3O. The third kappa shape index (κ3) is 2.67. The molecule has 0 spiro atoms. The molecule has 0 radical (unpaired) electrons. The van der Waals surface area contributed by atoms with Crippen LogP contribution in [0.15, 0.2) is 54.6 Å². The van der Waals surface area contributed by atoms with Crippen LogP contribution in [-0.2, 0) is 0 Å². The summed E-state index contributed by atoms with van der Waals surface area (Å²) in [6.07, 6.45) is 2.05. The summed E-state index contributed by atoms with van der Waals surface area (Å²) in [7, 11) is 2.15. The van der Waals surface area contributed by atoms with Gasteiger partial charge < -0.3 is 15.1 Å². The second-order valence-electron chi connectivity index (χ2n) is 6.77. The number of piperidine rings is 1. The van der Waals surface area contributed by atoms with Crippen LogP contribution >= 0.6 is 0 Å². The maximum Gasteiger partial charge on any atom is 0.322 e. The molecule has 0 bridgehead atoms. The SMILES string of the molecule is CN1CCC(N2C(=O)Nc3ccccc3C2c2ccccc2)CC1. The summed E-state index contributed by atoms with van der Waals surface area (Å²) in [5, 5.41) is 3.09. The lowest BCUT2D eigenvalue weighted by Crippen LogP contribution is -2.52. The molecule has 0 saturated carbocycles. The molecule has 1 saturated heterocycles. The lowest BCUT2D eigenvalue weighted by molar-refractivity contribution is 0.119. The van der Waals surface area contributed by atoms with E-state index in [2.05, 4.69) is 58.6 Å². The second-order valence-corrected chi connectivity index (χ2v) is 6.77. The predicted molar refractivity (Wildman–Crippen MR) is 96.1 cm³/mol. The van der Waals surface area contributed by atoms with E-state index in [4.69, 9.17) is 0 Å². The highest BCUT2D eigenvalue weighted by molar-refractivity contribution is 5.93. The van der Waals surface area contributed by atoms with E-state index in [0.29, 0.717) is 0 Å². The summed E-state index contributed by atoms with van der Waals surface area (Å²) in [5.41, 5.74) is 3.29. The van der Waals surface area contributed by atoms with Crippen LogP contribution in [0.5, 0.6) is 0 Å². The van der Waals surface area contributed by atoms with E-state index < -0.39 is 0 Å². The van der Waals surface area contributed by atoms with Crippen molar-refractivity contribution in [1.82, 2.24) is 9.80 Å². The van der Waals surface area contributed by atoms with Crippen LogP contribution in [-0.4, -0.2) is 42.0 Å². The molecule has 0 aromatic heterocycles. The molecule has 2 amide bonds. The Balaban J connectivity index is 1.77. The van der Waals surface area contributed by atoms with Crippen LogP contribution in [0.4, 0.5) is 10.5 Å². The number of likely N-dealkylation sites (tertiary alicyclic amines) is 1. The molecule has 0 aliphatic carbocycles. The van der Waals surface area contributed by atoms with E-state index in [9.17, 15) is 4.79 Å². The highest BCUT2D eigenvalue weighted by atomic mass is 16.2. The van der Waals surface area contributed by atoms with Crippen molar-refractivity contribution in [3.8, 4) is 0 Å². The normalized spacial score (nSPS) is 22.1. The molecule has 2 aliphatic rings. The van der Waals surface area contributed by atoms with Crippen molar-refractivity contribution in [3.63, 3.8) is 0 Å². The molecule has 2 aliphatic heterocycles. The first-order valence-electron chi connectivity index (χ1n) is 8.66. The van der Waals surface area contributed by atoms with Gasteiger partial charge in [-0.05, 0) is 44.6 Å². The number of rotatable bonds is 2. The van der Waals surface area contributed by atoms with Gasteiger partial charge in [-0.15, -0.1) is 0 Å². The van der Waals surface area contributed by atoms with Crippen LogP contribution in [0.2, 0.25) is 0 Å². The van der Waals surface area contributed by atoms with Gasteiger partial charge in [0.1, 0.15) is 0 Å². The van der Waals surface area contributed by atoms with E-state index in [-0.39, 0.29) is 18.1 Å². The number of nitrogens with zero attached hydrogens (tertiary/aromatic N) is 2. The smallest absolute Gasteiger partial charge is 0.310 e. The largest absolute Gasteiger partial charge is 0.322 e. The molecule has 4 nitrogen and oxygen atoms in total. The number of nitrogens with one attached hydrogen (secondary N) is 1. The number of urea groups is 1. The summed E-state index contributed by atoms with van der Waals surface area (Å²) < 4.78 is 0. The molecule has 1 atom stereocenters. The Morgan fingerprint density at radius 1 is 0.958 bits per heavy atom. The first kappa shape index (κ1) is 15.2. The highest BCUT2D eigenvalue weighted by Crippen LogP contribution is 2.40. The Labute approximate surface area is 143 Å². The van der Waals surface area contributed by atoms with Crippen molar-refractivity contribution in [2.75, 3.05) is 25.5 Å². The zero-order valence-corrected chi connectivity index (χ0v) is 14.0. The molecule has 2 heterocycles. The van der Waals surface area contributed by atoms with Gasteiger partial charge in [0.2, 0.25) is 0 Å². The van der Waals surface area contributed by atoms with E-state index in [1.165, 1.54) is 11.1 Å². The number of carbonyl (C=O) groups excluding carboxylic acids is 1. The summed E-state index contributed by atoms with van der Waals surface area (Å²) in [4.78, 5) is 17.3. The number of hydrogen-bond acceptors (Lipinski definition) is 2. The van der Waals surface area contributed by atoms with Crippen molar-refractivity contribution >= 4 is 11.7 Å². The van der Waals surface area contributed by atoms with Gasteiger partial charge in [-0.1, -0.05) is 48.5 Å². The Kier molecular flexibility index (Phi) is 3.98. The summed E-state index contributed by atoms with van der Waals surface area (Å²) in [5.74, 6) is 0. The minimum Gasteiger partial charge on any atom is -0.310 e. The van der Waals surface area contributed by atoms with Gasteiger partial charge in [-0.2, -0.15) is 0 Å². The maximum atomic E-state index is 12.9. The van der Waals surface area contributed by atoms with Gasteiger partial charge in [0.15, 0.2) is 0 Å². The van der Waals surface area contributed by atoms with Crippen LogP contribution in [0.1, 0.15) is 30.0 Å².